The molecule has 0 unspecified atom stereocenters. The van der Waals surface area contributed by atoms with Gasteiger partial charge in [0.15, 0.2) is 0 Å². The van der Waals surface area contributed by atoms with Gasteiger partial charge in [0.25, 0.3) is 5.69 Å². The Bertz CT molecular complexity index is 1090. The van der Waals surface area contributed by atoms with Crippen LogP contribution in [-0.2, 0) is 11.3 Å². The van der Waals surface area contributed by atoms with Gasteiger partial charge in [-0.25, -0.2) is 4.79 Å². The van der Waals surface area contributed by atoms with Crippen LogP contribution in [0.4, 0.5) is 11.4 Å². The van der Waals surface area contributed by atoms with Crippen LogP contribution in [0.5, 0.6) is 0 Å². The molecule has 3 aromatic rings. The number of ether oxygens (including phenoxy) is 1. The summed E-state index contributed by atoms with van der Waals surface area (Å²) in [7, 11) is 0. The van der Waals surface area contributed by atoms with Crippen molar-refractivity contribution in [1.82, 2.24) is 0 Å². The summed E-state index contributed by atoms with van der Waals surface area (Å²) in [6.07, 6.45) is 0. The van der Waals surface area contributed by atoms with Crippen molar-refractivity contribution >= 4 is 17.3 Å². The highest BCUT2D eigenvalue weighted by Crippen LogP contribution is 2.26. The highest BCUT2D eigenvalue weighted by Gasteiger charge is 2.20. The number of nitro benzene ring substituents is 1. The van der Waals surface area contributed by atoms with Gasteiger partial charge in [-0.1, -0.05) is 48.5 Å². The van der Waals surface area contributed by atoms with E-state index < -0.39 is 10.9 Å². The quantitative estimate of drug-likeness (QED) is 0.311. The van der Waals surface area contributed by atoms with Crippen molar-refractivity contribution in [2.24, 2.45) is 0 Å². The van der Waals surface area contributed by atoms with Crippen molar-refractivity contribution in [3.05, 3.63) is 93.5 Å². The molecule has 3 rings (SSSR count). The largest absolute Gasteiger partial charge is 0.457 e. The molecule has 7 nitrogen and oxygen atoms in total. The minimum absolute atomic E-state index is 0.0128. The molecule has 0 aliphatic carbocycles. The third kappa shape index (κ3) is 3.81. The van der Waals surface area contributed by atoms with E-state index in [9.17, 15) is 20.2 Å². The van der Waals surface area contributed by atoms with Crippen molar-refractivity contribution in [3.8, 4) is 17.2 Å². The summed E-state index contributed by atoms with van der Waals surface area (Å²) in [5.41, 5.74) is 8.08. The molecule has 0 aliphatic rings. The molecule has 0 amide bonds. The van der Waals surface area contributed by atoms with Crippen LogP contribution < -0.4 is 5.73 Å². The first kappa shape index (κ1) is 18.6. The number of nitrogens with zero attached hydrogens (tertiary/aromatic N) is 2. The number of carbonyl (C=O) groups excluding carboxylic acids is 1. The number of benzene rings is 3. The molecule has 3 aromatic carbocycles. The van der Waals surface area contributed by atoms with Gasteiger partial charge in [-0.15, -0.1) is 0 Å². The molecular formula is C21H15N3O4. The number of carbonyl (C=O) groups is 1. The Morgan fingerprint density at radius 1 is 1.07 bits per heavy atom. The number of nitro groups is 1. The first-order valence-corrected chi connectivity index (χ1v) is 8.29. The zero-order chi connectivity index (χ0) is 20.1. The van der Waals surface area contributed by atoms with Gasteiger partial charge in [-0.2, -0.15) is 5.26 Å². The van der Waals surface area contributed by atoms with Crippen molar-refractivity contribution in [2.45, 2.75) is 6.61 Å². The molecule has 0 bridgehead atoms. The standard InChI is InChI=1S/C21H15N3O4/c22-12-16-4-1-2-5-17(16)15-10-8-14(9-11-15)13-28-21(25)18-6-3-7-19(20(18)23)24(26)27/h1-11H,13,23H2. The Labute approximate surface area is 160 Å². The molecule has 0 spiro atoms. The second kappa shape index (κ2) is 8.01. The lowest BCUT2D eigenvalue weighted by Crippen LogP contribution is -2.09. The molecule has 7 heteroatoms. The second-order valence-electron chi connectivity index (χ2n) is 5.93. The van der Waals surface area contributed by atoms with E-state index in [1.165, 1.54) is 18.2 Å². The summed E-state index contributed by atoms with van der Waals surface area (Å²) in [6, 6.07) is 20.6. The molecular weight excluding hydrogens is 358 g/mol. The average Bonchev–Trinajstić information content (AvgIpc) is 2.72. The van der Waals surface area contributed by atoms with Crippen molar-refractivity contribution in [2.75, 3.05) is 5.73 Å². The normalized spacial score (nSPS) is 10.1. The maximum Gasteiger partial charge on any atom is 0.340 e. The number of nitrogens with two attached hydrogens (primary N) is 1. The maximum atomic E-state index is 12.2. The number of nitriles is 1. The fourth-order valence-corrected chi connectivity index (χ4v) is 2.73. The van der Waals surface area contributed by atoms with Crippen molar-refractivity contribution in [3.63, 3.8) is 0 Å². The molecule has 28 heavy (non-hydrogen) atoms. The third-order valence-corrected chi connectivity index (χ3v) is 4.18. The first-order chi connectivity index (χ1) is 13.5. The minimum atomic E-state index is -0.736. The fourth-order valence-electron chi connectivity index (χ4n) is 2.73. The Morgan fingerprint density at radius 3 is 2.46 bits per heavy atom. The van der Waals surface area contributed by atoms with Crippen molar-refractivity contribution in [1.29, 1.82) is 5.26 Å². The number of hydrogen-bond donors (Lipinski definition) is 1. The van der Waals surface area contributed by atoms with E-state index in [2.05, 4.69) is 6.07 Å². The second-order valence-corrected chi connectivity index (χ2v) is 5.93. The average molecular weight is 373 g/mol. The topological polar surface area (TPSA) is 119 Å². The summed E-state index contributed by atoms with van der Waals surface area (Å²) >= 11 is 0. The molecule has 0 fully saturated rings. The van der Waals surface area contributed by atoms with Gasteiger partial charge in [0.05, 0.1) is 22.1 Å². The van der Waals surface area contributed by atoms with E-state index in [0.29, 0.717) is 5.56 Å². The lowest BCUT2D eigenvalue weighted by Gasteiger charge is -2.09. The highest BCUT2D eigenvalue weighted by molar-refractivity contribution is 5.97. The van der Waals surface area contributed by atoms with Crippen LogP contribution in [0.25, 0.3) is 11.1 Å². The van der Waals surface area contributed by atoms with Gasteiger partial charge in [0.1, 0.15) is 12.3 Å². The van der Waals surface area contributed by atoms with Gasteiger partial charge in [-0.05, 0) is 28.8 Å². The zero-order valence-corrected chi connectivity index (χ0v) is 14.7. The van der Waals surface area contributed by atoms with E-state index in [4.69, 9.17) is 10.5 Å². The summed E-state index contributed by atoms with van der Waals surface area (Å²) < 4.78 is 5.23. The van der Waals surface area contributed by atoms with Crippen LogP contribution in [0.3, 0.4) is 0 Å². The Hall–Kier alpha value is -4.18. The van der Waals surface area contributed by atoms with E-state index >= 15 is 0 Å². The predicted molar refractivity (Wildman–Crippen MR) is 103 cm³/mol. The minimum Gasteiger partial charge on any atom is -0.457 e. The molecule has 0 saturated heterocycles. The molecule has 0 saturated carbocycles. The van der Waals surface area contributed by atoms with Crippen LogP contribution in [0.15, 0.2) is 66.7 Å². The smallest absolute Gasteiger partial charge is 0.340 e. The molecule has 138 valence electrons. The predicted octanol–water partition coefficient (Wildman–Crippen LogP) is 4.07. The monoisotopic (exact) mass is 373 g/mol. The number of nitrogen functional groups attached to an aromatic ring is 1. The number of rotatable bonds is 5. The molecule has 0 aromatic heterocycles. The van der Waals surface area contributed by atoms with E-state index in [-0.39, 0.29) is 23.5 Å². The maximum absolute atomic E-state index is 12.2. The van der Waals surface area contributed by atoms with Gasteiger partial charge in [-0.3, -0.25) is 10.1 Å². The van der Waals surface area contributed by atoms with Crippen molar-refractivity contribution < 1.29 is 14.5 Å². The lowest BCUT2D eigenvalue weighted by atomic mass is 9.99. The van der Waals surface area contributed by atoms with Crippen LogP contribution in [0, 0.1) is 21.4 Å². The SMILES string of the molecule is N#Cc1ccccc1-c1ccc(COC(=O)c2cccc([N+](=O)[O-])c2N)cc1. The number of para-hydroxylation sites is 1. The fraction of sp³-hybridized carbons (Fsp3) is 0.0476. The lowest BCUT2D eigenvalue weighted by molar-refractivity contribution is -0.383. The first-order valence-electron chi connectivity index (χ1n) is 8.29. The Morgan fingerprint density at radius 2 is 1.79 bits per heavy atom. The summed E-state index contributed by atoms with van der Waals surface area (Å²) in [5.74, 6) is -0.736. The number of anilines is 1. The van der Waals surface area contributed by atoms with Gasteiger partial charge >= 0.3 is 5.97 Å². The van der Waals surface area contributed by atoms with Crippen LogP contribution in [-0.4, -0.2) is 10.9 Å². The summed E-state index contributed by atoms with van der Waals surface area (Å²) in [5, 5.41) is 20.1. The summed E-state index contributed by atoms with van der Waals surface area (Å²) in [6.45, 7) is -0.0128. The Kier molecular flexibility index (Phi) is 5.33. The van der Waals surface area contributed by atoms with Crippen LogP contribution in [0.1, 0.15) is 21.5 Å². The van der Waals surface area contributed by atoms with Gasteiger partial charge < -0.3 is 10.5 Å². The van der Waals surface area contributed by atoms with E-state index in [0.717, 1.165) is 16.7 Å². The molecule has 2 N–H and O–H groups in total. The van der Waals surface area contributed by atoms with Crippen LogP contribution in [0.2, 0.25) is 0 Å². The molecule has 0 aliphatic heterocycles. The van der Waals surface area contributed by atoms with E-state index in [1.807, 2.05) is 24.3 Å². The molecule has 0 radical (unpaired) electrons. The number of hydrogen-bond acceptors (Lipinski definition) is 6. The highest BCUT2D eigenvalue weighted by atomic mass is 16.6. The zero-order valence-electron chi connectivity index (χ0n) is 14.7. The van der Waals surface area contributed by atoms with Gasteiger partial charge in [0.2, 0.25) is 0 Å². The third-order valence-electron chi connectivity index (χ3n) is 4.18. The van der Waals surface area contributed by atoms with E-state index in [1.54, 1.807) is 24.3 Å². The van der Waals surface area contributed by atoms with Crippen LogP contribution >= 0.6 is 0 Å². The van der Waals surface area contributed by atoms with Gasteiger partial charge in [0, 0.05) is 6.07 Å². The molecule has 0 heterocycles. The summed E-state index contributed by atoms with van der Waals surface area (Å²) in [4.78, 5) is 22.5. The number of esters is 1. The molecule has 0 atom stereocenters. The Balaban J connectivity index is 1.72.